The number of hydrogen-bond donors (Lipinski definition) is 0. The van der Waals surface area contributed by atoms with Gasteiger partial charge in [-0.05, 0) is 75.0 Å². The van der Waals surface area contributed by atoms with Crippen molar-refractivity contribution >= 4 is 5.78 Å². The van der Waals surface area contributed by atoms with Crippen LogP contribution in [0.15, 0.2) is 11.6 Å². The Morgan fingerprint density at radius 3 is 2.86 bits per heavy atom. The predicted molar refractivity (Wildman–Crippen MR) is 81.6 cm³/mol. The van der Waals surface area contributed by atoms with E-state index in [1.165, 1.54) is 5.57 Å². The molecule has 3 fully saturated rings. The van der Waals surface area contributed by atoms with Crippen LogP contribution in [0.25, 0.3) is 0 Å². The molecule has 0 N–H and O–H groups in total. The van der Waals surface area contributed by atoms with E-state index in [2.05, 4.69) is 19.9 Å². The summed E-state index contributed by atoms with van der Waals surface area (Å²) in [5.74, 6) is 1.98. The Morgan fingerprint density at radius 2 is 2.05 bits per heavy atom. The number of Topliss-reactive ketones (excluding diaryl/α,β-unsaturated/α-hetero) is 1. The van der Waals surface area contributed by atoms with Crippen LogP contribution in [0.3, 0.4) is 0 Å². The minimum Gasteiger partial charge on any atom is -0.299 e. The molecular formula is C19H27FO. The summed E-state index contributed by atoms with van der Waals surface area (Å²) >= 11 is 0. The first kappa shape index (κ1) is 14.0. The highest BCUT2D eigenvalue weighted by molar-refractivity contribution is 5.89. The van der Waals surface area contributed by atoms with Crippen LogP contribution in [0.4, 0.5) is 4.39 Å². The van der Waals surface area contributed by atoms with Gasteiger partial charge in [0.05, 0.1) is 5.41 Å². The highest BCUT2D eigenvalue weighted by Gasteiger charge is 2.59. The first-order valence-corrected chi connectivity index (χ1v) is 8.82. The fraction of sp³-hybridized carbons (Fsp3) is 0.842. The van der Waals surface area contributed by atoms with E-state index < -0.39 is 6.17 Å². The third-order valence-corrected chi connectivity index (χ3v) is 7.63. The number of halogens is 1. The number of allylic oxidation sites excluding steroid dienone is 2. The van der Waals surface area contributed by atoms with E-state index >= 15 is 0 Å². The molecule has 1 nitrogen and oxygen atoms in total. The van der Waals surface area contributed by atoms with Crippen molar-refractivity contribution in [3.8, 4) is 0 Å². The maximum atomic E-state index is 14.1. The Kier molecular flexibility index (Phi) is 2.94. The van der Waals surface area contributed by atoms with Gasteiger partial charge in [-0.2, -0.15) is 0 Å². The van der Waals surface area contributed by atoms with Crippen molar-refractivity contribution in [2.75, 3.05) is 0 Å². The molecule has 3 saturated carbocycles. The zero-order valence-corrected chi connectivity index (χ0v) is 13.3. The van der Waals surface area contributed by atoms with Crippen molar-refractivity contribution in [1.82, 2.24) is 0 Å². The average Bonchev–Trinajstić information content (AvgIpc) is 2.74. The van der Waals surface area contributed by atoms with E-state index in [9.17, 15) is 9.18 Å². The summed E-state index contributed by atoms with van der Waals surface area (Å²) in [5, 5.41) is 0. The molecule has 0 aromatic rings. The summed E-state index contributed by atoms with van der Waals surface area (Å²) in [7, 11) is 0. The smallest absolute Gasteiger partial charge is 0.143 e. The number of rotatable bonds is 0. The molecule has 0 spiro atoms. The molecule has 2 heteroatoms. The largest absolute Gasteiger partial charge is 0.299 e. The van der Waals surface area contributed by atoms with Crippen LogP contribution in [0.5, 0.6) is 0 Å². The van der Waals surface area contributed by atoms with Crippen LogP contribution in [0.2, 0.25) is 0 Å². The van der Waals surface area contributed by atoms with Gasteiger partial charge in [0.2, 0.25) is 0 Å². The van der Waals surface area contributed by atoms with Gasteiger partial charge >= 0.3 is 0 Å². The summed E-state index contributed by atoms with van der Waals surface area (Å²) in [6, 6.07) is 0. The number of alkyl halides is 1. The number of ketones is 1. The predicted octanol–water partition coefficient (Wildman–Crippen LogP) is 4.86. The van der Waals surface area contributed by atoms with Crippen molar-refractivity contribution in [3.63, 3.8) is 0 Å². The average molecular weight is 290 g/mol. The van der Waals surface area contributed by atoms with Gasteiger partial charge in [-0.25, -0.2) is 4.39 Å². The van der Waals surface area contributed by atoms with Crippen LogP contribution in [-0.4, -0.2) is 12.0 Å². The Bertz CT molecular complexity index is 510. The van der Waals surface area contributed by atoms with E-state index in [4.69, 9.17) is 0 Å². The monoisotopic (exact) mass is 290 g/mol. The molecule has 21 heavy (non-hydrogen) atoms. The van der Waals surface area contributed by atoms with Gasteiger partial charge in [-0.15, -0.1) is 0 Å². The zero-order chi connectivity index (χ0) is 14.8. The fourth-order valence-electron chi connectivity index (χ4n) is 6.48. The molecule has 4 aliphatic carbocycles. The summed E-state index contributed by atoms with van der Waals surface area (Å²) in [6.07, 6.45) is 9.49. The Balaban J connectivity index is 1.73. The molecule has 4 rings (SSSR count). The van der Waals surface area contributed by atoms with Gasteiger partial charge in [0.1, 0.15) is 12.0 Å². The summed E-state index contributed by atoms with van der Waals surface area (Å²) in [4.78, 5) is 12.7. The van der Waals surface area contributed by atoms with E-state index in [1.54, 1.807) is 0 Å². The zero-order valence-electron chi connectivity index (χ0n) is 13.3. The Morgan fingerprint density at radius 1 is 1.24 bits per heavy atom. The van der Waals surface area contributed by atoms with Gasteiger partial charge in [-0.1, -0.05) is 18.6 Å². The number of fused-ring (bicyclic) bond motifs is 5. The molecule has 0 amide bonds. The standard InChI is InChI=1S/C19H27FO/c1-18-9-8-15-14(16(18)10-13(20)11-18)7-6-12-4-3-5-17(21)19(12,15)2/h6,13-16H,3-5,7-11H2,1-2H3/t13?,14-,15-,16+,18-,19+/m1/s1. The quantitative estimate of drug-likeness (QED) is 0.582. The summed E-state index contributed by atoms with van der Waals surface area (Å²) in [5.41, 5.74) is 1.40. The van der Waals surface area contributed by atoms with Crippen molar-refractivity contribution < 1.29 is 9.18 Å². The first-order chi connectivity index (χ1) is 9.95. The van der Waals surface area contributed by atoms with Gasteiger partial charge in [-0.3, -0.25) is 4.79 Å². The third-order valence-electron chi connectivity index (χ3n) is 7.63. The number of carbonyl (C=O) groups excluding carboxylic acids is 1. The Hall–Kier alpha value is -0.660. The second kappa shape index (κ2) is 4.43. The van der Waals surface area contributed by atoms with Crippen LogP contribution >= 0.6 is 0 Å². The molecule has 0 heterocycles. The molecule has 0 bridgehead atoms. The molecular weight excluding hydrogens is 263 g/mol. The molecule has 1 unspecified atom stereocenters. The van der Waals surface area contributed by atoms with E-state index in [0.717, 1.165) is 51.4 Å². The van der Waals surface area contributed by atoms with E-state index in [-0.39, 0.29) is 10.8 Å². The Labute approximate surface area is 127 Å². The molecule has 4 aliphatic rings. The van der Waals surface area contributed by atoms with Crippen molar-refractivity contribution in [1.29, 1.82) is 0 Å². The summed E-state index contributed by atoms with van der Waals surface area (Å²) in [6.45, 7) is 4.51. The minimum absolute atomic E-state index is 0.194. The normalized spacial score (nSPS) is 52.7. The highest BCUT2D eigenvalue weighted by Crippen LogP contribution is 2.64. The second-order valence-electron chi connectivity index (χ2n) is 8.55. The van der Waals surface area contributed by atoms with Crippen LogP contribution in [0, 0.1) is 28.6 Å². The minimum atomic E-state index is -0.612. The maximum absolute atomic E-state index is 14.1. The molecule has 0 aliphatic heterocycles. The van der Waals surface area contributed by atoms with Crippen LogP contribution in [-0.2, 0) is 4.79 Å². The molecule has 0 aromatic carbocycles. The second-order valence-corrected chi connectivity index (χ2v) is 8.55. The first-order valence-electron chi connectivity index (χ1n) is 8.82. The lowest BCUT2D eigenvalue weighted by Crippen LogP contribution is -2.51. The maximum Gasteiger partial charge on any atom is 0.143 e. The van der Waals surface area contributed by atoms with Gasteiger partial charge in [0, 0.05) is 6.42 Å². The third kappa shape index (κ3) is 1.77. The van der Waals surface area contributed by atoms with E-state index in [1.807, 2.05) is 0 Å². The highest BCUT2D eigenvalue weighted by atomic mass is 19.1. The van der Waals surface area contributed by atoms with Gasteiger partial charge in [0.15, 0.2) is 0 Å². The molecule has 0 aromatic heterocycles. The molecule has 0 radical (unpaired) electrons. The molecule has 0 saturated heterocycles. The fourth-order valence-corrected chi connectivity index (χ4v) is 6.48. The van der Waals surface area contributed by atoms with Crippen LogP contribution in [0.1, 0.15) is 65.2 Å². The van der Waals surface area contributed by atoms with Gasteiger partial charge < -0.3 is 0 Å². The number of hydrogen-bond acceptors (Lipinski definition) is 1. The SMILES string of the molecule is C[C@]12CC[C@@H]3[C@@H](CC=C4CCCC(=O)[C@@]43C)[C@@H]1CC(F)C2. The number of carbonyl (C=O) groups is 1. The van der Waals surface area contributed by atoms with E-state index in [0.29, 0.717) is 23.5 Å². The topological polar surface area (TPSA) is 17.1 Å². The van der Waals surface area contributed by atoms with Crippen molar-refractivity contribution in [2.45, 2.75) is 71.4 Å². The lowest BCUT2D eigenvalue weighted by atomic mass is 9.48. The molecule has 116 valence electrons. The van der Waals surface area contributed by atoms with Crippen molar-refractivity contribution in [2.24, 2.45) is 28.6 Å². The lowest BCUT2D eigenvalue weighted by molar-refractivity contribution is -0.135. The van der Waals surface area contributed by atoms with Crippen LogP contribution < -0.4 is 0 Å². The molecule has 6 atom stereocenters. The van der Waals surface area contributed by atoms with Crippen molar-refractivity contribution in [3.05, 3.63) is 11.6 Å². The lowest BCUT2D eigenvalue weighted by Gasteiger charge is -2.55. The summed E-state index contributed by atoms with van der Waals surface area (Å²) < 4.78 is 14.1. The van der Waals surface area contributed by atoms with Gasteiger partial charge in [0.25, 0.3) is 0 Å².